The Morgan fingerprint density at radius 3 is 2.57 bits per heavy atom. The van der Waals surface area contributed by atoms with E-state index in [1.807, 2.05) is 12.3 Å². The van der Waals surface area contributed by atoms with Gasteiger partial charge in [0.2, 0.25) is 0 Å². The van der Waals surface area contributed by atoms with Crippen LogP contribution < -0.4 is 0 Å². The van der Waals surface area contributed by atoms with Gasteiger partial charge in [-0.2, -0.15) is 10.2 Å². The molecule has 2 aliphatic carbocycles. The van der Waals surface area contributed by atoms with Gasteiger partial charge >= 0.3 is 0 Å². The molecule has 2 aromatic rings. The van der Waals surface area contributed by atoms with Gasteiger partial charge in [-0.05, 0) is 54.6 Å². The highest BCUT2D eigenvalue weighted by molar-refractivity contribution is 5.63. The lowest BCUT2D eigenvalue weighted by molar-refractivity contribution is 0.262. The summed E-state index contributed by atoms with van der Waals surface area (Å²) in [7, 11) is 0. The molecule has 21 heavy (non-hydrogen) atoms. The van der Waals surface area contributed by atoms with Crippen molar-refractivity contribution in [2.75, 3.05) is 6.61 Å². The molecular weight excluding hydrogens is 262 g/mol. The minimum Gasteiger partial charge on any atom is -0.396 e. The largest absolute Gasteiger partial charge is 0.396 e. The van der Waals surface area contributed by atoms with Gasteiger partial charge in [0.05, 0.1) is 11.9 Å². The van der Waals surface area contributed by atoms with E-state index in [0.717, 1.165) is 35.9 Å². The first-order chi connectivity index (χ1) is 10.4. The van der Waals surface area contributed by atoms with E-state index in [0.29, 0.717) is 12.5 Å². The highest BCUT2D eigenvalue weighted by Gasteiger charge is 2.48. The van der Waals surface area contributed by atoms with Crippen molar-refractivity contribution >= 4 is 0 Å². The van der Waals surface area contributed by atoms with Crippen LogP contribution in [0.5, 0.6) is 0 Å². The van der Waals surface area contributed by atoms with E-state index in [1.54, 1.807) is 0 Å². The van der Waals surface area contributed by atoms with Crippen molar-refractivity contribution < 1.29 is 5.11 Å². The second kappa shape index (κ2) is 5.23. The summed E-state index contributed by atoms with van der Waals surface area (Å²) in [5.41, 5.74) is 4.94. The molecule has 0 unspecified atom stereocenters. The number of aliphatic hydroxyl groups excluding tert-OH is 1. The maximum absolute atomic E-state index is 9.45. The summed E-state index contributed by atoms with van der Waals surface area (Å²) in [5, 5.41) is 18.1. The maximum Gasteiger partial charge on any atom is 0.0964 e. The lowest BCUT2D eigenvalue weighted by Crippen LogP contribution is -2.06. The van der Waals surface area contributed by atoms with Crippen molar-refractivity contribution in [3.8, 4) is 11.3 Å². The molecule has 0 saturated heterocycles. The Hall–Kier alpha value is -1.74. The zero-order valence-corrected chi connectivity index (χ0v) is 12.1. The molecule has 4 rings (SSSR count). The van der Waals surface area contributed by atoms with Crippen molar-refractivity contribution in [3.05, 3.63) is 47.7 Å². The molecule has 3 heteroatoms. The Morgan fingerprint density at radius 2 is 1.81 bits per heavy atom. The van der Waals surface area contributed by atoms with E-state index in [2.05, 4.69) is 34.5 Å². The average Bonchev–Trinajstić information content (AvgIpc) is 3.20. The number of rotatable bonds is 2. The van der Waals surface area contributed by atoms with Gasteiger partial charge in [-0.15, -0.1) is 0 Å². The molecule has 2 aliphatic rings. The van der Waals surface area contributed by atoms with Crippen molar-refractivity contribution in [3.63, 3.8) is 0 Å². The summed E-state index contributed by atoms with van der Waals surface area (Å²) < 4.78 is 0. The number of aliphatic hydroxyl groups is 1. The molecule has 1 fully saturated rings. The molecular formula is C18H20N2O. The molecule has 1 aromatic carbocycles. The third-order valence-corrected chi connectivity index (χ3v) is 5.29. The van der Waals surface area contributed by atoms with Gasteiger partial charge in [-0.1, -0.05) is 30.3 Å². The summed E-state index contributed by atoms with van der Waals surface area (Å²) in [6.07, 6.45) is 6.44. The predicted octanol–water partition coefficient (Wildman–Crippen LogP) is 2.88. The third-order valence-electron chi connectivity index (χ3n) is 5.29. The minimum absolute atomic E-state index is 0.355. The molecule has 1 N–H and O–H groups in total. The van der Waals surface area contributed by atoms with E-state index >= 15 is 0 Å². The quantitative estimate of drug-likeness (QED) is 0.921. The maximum atomic E-state index is 9.45. The van der Waals surface area contributed by atoms with E-state index in [-0.39, 0.29) is 0 Å². The van der Waals surface area contributed by atoms with E-state index in [1.165, 1.54) is 24.0 Å². The lowest BCUT2D eigenvalue weighted by atomic mass is 9.92. The van der Waals surface area contributed by atoms with Crippen molar-refractivity contribution in [2.45, 2.75) is 25.7 Å². The molecule has 3 nitrogen and oxygen atoms in total. The van der Waals surface area contributed by atoms with Crippen LogP contribution in [0.3, 0.4) is 0 Å². The molecule has 0 spiro atoms. The van der Waals surface area contributed by atoms with E-state index in [4.69, 9.17) is 0 Å². The van der Waals surface area contributed by atoms with Crippen LogP contribution in [-0.4, -0.2) is 21.9 Å². The van der Waals surface area contributed by atoms with Crippen LogP contribution in [0.4, 0.5) is 0 Å². The molecule has 1 saturated carbocycles. The zero-order chi connectivity index (χ0) is 14.2. The van der Waals surface area contributed by atoms with Crippen LogP contribution in [0.2, 0.25) is 0 Å². The molecule has 3 atom stereocenters. The summed E-state index contributed by atoms with van der Waals surface area (Å²) >= 11 is 0. The van der Waals surface area contributed by atoms with E-state index < -0.39 is 0 Å². The third kappa shape index (κ3) is 2.26. The Bertz CT molecular complexity index is 641. The highest BCUT2D eigenvalue weighted by atomic mass is 16.3. The monoisotopic (exact) mass is 282 g/mol. The summed E-state index contributed by atoms with van der Waals surface area (Å²) in [6, 6.07) is 10.4. The normalized spacial score (nSPS) is 27.2. The summed E-state index contributed by atoms with van der Waals surface area (Å²) in [4.78, 5) is 0. The summed E-state index contributed by atoms with van der Waals surface area (Å²) in [5.74, 6) is 2.00. The second-order valence-corrected chi connectivity index (χ2v) is 6.31. The van der Waals surface area contributed by atoms with Crippen molar-refractivity contribution in [1.82, 2.24) is 10.2 Å². The number of fused-ring (bicyclic) bond motifs is 2. The van der Waals surface area contributed by atoms with Crippen LogP contribution >= 0.6 is 0 Å². The van der Waals surface area contributed by atoms with E-state index in [9.17, 15) is 5.11 Å². The number of hydrogen-bond donors (Lipinski definition) is 1. The SMILES string of the molecule is OC[C@H]1[C@H]2CCc3c(c[15n][15n]c3-c3ccccc3)CC[C@@H]12. The number of nitrogens with zero attached hydrogens (tertiary/aromatic N) is 2. The number of benzene rings is 1. The van der Waals surface area contributed by atoms with Gasteiger partial charge < -0.3 is 5.11 Å². The van der Waals surface area contributed by atoms with Crippen LogP contribution in [-0.2, 0) is 12.8 Å². The summed E-state index contributed by atoms with van der Waals surface area (Å²) in [6.45, 7) is 0.355. The molecule has 0 radical (unpaired) electrons. The number of aryl methyl sites for hydroxylation is 1. The molecule has 1 heterocycles. The van der Waals surface area contributed by atoms with Gasteiger partial charge in [0.1, 0.15) is 0 Å². The van der Waals surface area contributed by atoms with Crippen LogP contribution in [0.1, 0.15) is 24.0 Å². The first-order valence-corrected chi connectivity index (χ1v) is 7.88. The van der Waals surface area contributed by atoms with Gasteiger partial charge in [0.25, 0.3) is 0 Å². The Balaban J connectivity index is 1.69. The standard InChI is InChI=1S/C18H20N2O/c21-11-17-15-7-6-13-10-19-20-18(12-4-2-1-3-5-12)14(13)8-9-16(15)17/h1-5,10,15-17,21H,6-9,11H2/t15-,16+,17-/m1/s1/i19+1,20+1. The lowest BCUT2D eigenvalue weighted by Gasteiger charge is -2.15. The fraction of sp³-hybridized carbons (Fsp3) is 0.444. The van der Waals surface area contributed by atoms with Gasteiger partial charge in [0.15, 0.2) is 0 Å². The predicted molar refractivity (Wildman–Crippen MR) is 81.7 cm³/mol. The van der Waals surface area contributed by atoms with Crippen LogP contribution in [0.25, 0.3) is 11.3 Å². The smallest absolute Gasteiger partial charge is 0.0964 e. The highest BCUT2D eigenvalue weighted by Crippen LogP contribution is 2.52. The zero-order valence-electron chi connectivity index (χ0n) is 12.1. The van der Waals surface area contributed by atoms with Crippen molar-refractivity contribution in [1.29, 1.82) is 0 Å². The molecule has 0 aliphatic heterocycles. The topological polar surface area (TPSA) is 46.0 Å². The Morgan fingerprint density at radius 1 is 1.05 bits per heavy atom. The van der Waals surface area contributed by atoms with Crippen molar-refractivity contribution in [2.24, 2.45) is 17.8 Å². The molecule has 0 bridgehead atoms. The number of hydrogen-bond acceptors (Lipinski definition) is 3. The minimum atomic E-state index is 0.355. The molecule has 108 valence electrons. The van der Waals surface area contributed by atoms with Gasteiger partial charge in [-0.25, -0.2) is 0 Å². The average molecular weight is 282 g/mol. The van der Waals surface area contributed by atoms with Crippen LogP contribution in [0, 0.1) is 17.8 Å². The van der Waals surface area contributed by atoms with Gasteiger partial charge in [-0.3, -0.25) is 0 Å². The Labute approximate surface area is 125 Å². The molecule has 0 amide bonds. The fourth-order valence-electron chi connectivity index (χ4n) is 4.05. The second-order valence-electron chi connectivity index (χ2n) is 6.31. The fourth-order valence-corrected chi connectivity index (χ4v) is 4.05. The number of aromatic nitrogens is 2. The first-order valence-electron chi connectivity index (χ1n) is 7.88. The van der Waals surface area contributed by atoms with Gasteiger partial charge in [0, 0.05) is 12.2 Å². The van der Waals surface area contributed by atoms with Crippen LogP contribution in [0.15, 0.2) is 36.5 Å². The molecule has 1 aromatic heterocycles. The first kappa shape index (κ1) is 13.0. The Kier molecular flexibility index (Phi) is 3.23.